The van der Waals surface area contributed by atoms with Crippen molar-refractivity contribution in [2.24, 2.45) is 0 Å². The molecule has 1 aromatic heterocycles. The van der Waals surface area contributed by atoms with Crippen LogP contribution in [0.3, 0.4) is 0 Å². The molecule has 32 heavy (non-hydrogen) atoms. The van der Waals surface area contributed by atoms with Crippen molar-refractivity contribution in [3.8, 4) is 0 Å². The zero-order valence-corrected chi connectivity index (χ0v) is 19.2. The Balaban J connectivity index is 1.58. The number of carbonyl (C=O) groups excluding carboxylic acids is 2. The molecule has 1 N–H and O–H groups in total. The molecule has 0 fully saturated rings. The number of aryl methyl sites for hydroxylation is 1. The summed E-state index contributed by atoms with van der Waals surface area (Å²) in [6.45, 7) is 7.28. The number of para-hydroxylation sites is 1. The van der Waals surface area contributed by atoms with Crippen LogP contribution < -0.4 is 5.32 Å². The van der Waals surface area contributed by atoms with Crippen LogP contribution in [0.2, 0.25) is 5.02 Å². The zero-order chi connectivity index (χ0) is 22.8. The number of aromatic nitrogens is 1. The largest absolute Gasteiger partial charge is 0.452 e. The van der Waals surface area contributed by atoms with Gasteiger partial charge in [-0.2, -0.15) is 0 Å². The lowest BCUT2D eigenvalue weighted by atomic mass is 9.95. The minimum absolute atomic E-state index is 0.352. The number of nitrogens with one attached hydrogen (secondary N) is 1. The highest BCUT2D eigenvalue weighted by molar-refractivity contribution is 6.31. The van der Waals surface area contributed by atoms with E-state index in [1.54, 1.807) is 12.1 Å². The molecule has 7 heteroatoms. The molecule has 1 aliphatic rings. The van der Waals surface area contributed by atoms with E-state index in [4.69, 9.17) is 21.3 Å². The van der Waals surface area contributed by atoms with Crippen molar-refractivity contribution in [2.45, 2.75) is 39.8 Å². The van der Waals surface area contributed by atoms with Gasteiger partial charge in [0.25, 0.3) is 5.91 Å². The third kappa shape index (κ3) is 4.61. The lowest BCUT2D eigenvalue weighted by Gasteiger charge is -2.32. The van der Waals surface area contributed by atoms with Crippen molar-refractivity contribution in [1.82, 2.24) is 9.88 Å². The average molecular weight is 452 g/mol. The van der Waals surface area contributed by atoms with Gasteiger partial charge in [-0.15, -0.1) is 0 Å². The molecule has 1 amide bonds. The number of hydrogen-bond donors (Lipinski definition) is 1. The van der Waals surface area contributed by atoms with Gasteiger partial charge in [0, 0.05) is 52.9 Å². The van der Waals surface area contributed by atoms with E-state index < -0.39 is 11.9 Å². The molecule has 0 saturated carbocycles. The lowest BCUT2D eigenvalue weighted by molar-refractivity contribution is -0.119. The van der Waals surface area contributed by atoms with Crippen molar-refractivity contribution >= 4 is 40.1 Å². The molecule has 166 valence electrons. The maximum absolute atomic E-state index is 13.2. The number of esters is 1. The van der Waals surface area contributed by atoms with Gasteiger partial charge < -0.3 is 10.1 Å². The van der Waals surface area contributed by atoms with Gasteiger partial charge in [0.1, 0.15) is 0 Å². The molecule has 0 unspecified atom stereocenters. The summed E-state index contributed by atoms with van der Waals surface area (Å²) < 4.78 is 5.47. The van der Waals surface area contributed by atoms with Crippen LogP contribution in [0, 0.1) is 6.92 Å². The van der Waals surface area contributed by atoms with Crippen LogP contribution in [0.15, 0.2) is 42.5 Å². The zero-order valence-electron chi connectivity index (χ0n) is 18.4. The first-order chi connectivity index (χ1) is 15.3. The highest BCUT2D eigenvalue weighted by Gasteiger charge is 2.27. The molecule has 1 aliphatic heterocycles. The molecule has 0 saturated heterocycles. The third-order valence-corrected chi connectivity index (χ3v) is 6.05. The van der Waals surface area contributed by atoms with Gasteiger partial charge >= 0.3 is 5.97 Å². The first kappa shape index (κ1) is 22.2. The SMILES string of the molecule is Cc1ccc(Cl)cc1NC(=O)COC(=O)c1c2c(nc3ccccc13)CCN(C(C)C)C2. The minimum Gasteiger partial charge on any atom is -0.452 e. The fourth-order valence-electron chi connectivity index (χ4n) is 4.00. The van der Waals surface area contributed by atoms with E-state index in [0.717, 1.165) is 40.7 Å². The van der Waals surface area contributed by atoms with E-state index in [1.807, 2.05) is 37.3 Å². The van der Waals surface area contributed by atoms with Gasteiger partial charge in [-0.05, 0) is 44.5 Å². The van der Waals surface area contributed by atoms with Gasteiger partial charge in [0.2, 0.25) is 0 Å². The fraction of sp³-hybridized carbons (Fsp3) is 0.320. The van der Waals surface area contributed by atoms with E-state index >= 15 is 0 Å². The van der Waals surface area contributed by atoms with E-state index in [-0.39, 0.29) is 6.61 Å². The smallest absolute Gasteiger partial charge is 0.339 e. The molecule has 0 aliphatic carbocycles. The Hall–Kier alpha value is -2.96. The Labute approximate surface area is 192 Å². The van der Waals surface area contributed by atoms with Crippen LogP contribution in [-0.4, -0.2) is 41.0 Å². The average Bonchev–Trinajstić information content (AvgIpc) is 2.77. The van der Waals surface area contributed by atoms with Gasteiger partial charge in [0.05, 0.1) is 11.1 Å². The van der Waals surface area contributed by atoms with Gasteiger partial charge in [-0.25, -0.2) is 4.79 Å². The fourth-order valence-corrected chi connectivity index (χ4v) is 4.18. The van der Waals surface area contributed by atoms with E-state index in [1.165, 1.54) is 0 Å². The summed E-state index contributed by atoms with van der Waals surface area (Å²) in [6.07, 6.45) is 0.771. The number of halogens is 1. The number of anilines is 1. The predicted octanol–water partition coefficient (Wildman–Crippen LogP) is 4.76. The highest BCUT2D eigenvalue weighted by atomic mass is 35.5. The summed E-state index contributed by atoms with van der Waals surface area (Å²) in [6, 6.07) is 13.2. The maximum atomic E-state index is 13.2. The number of fused-ring (bicyclic) bond motifs is 2. The number of carbonyl (C=O) groups is 2. The molecule has 0 spiro atoms. The lowest BCUT2D eigenvalue weighted by Crippen LogP contribution is -2.37. The number of rotatable bonds is 5. The van der Waals surface area contributed by atoms with E-state index in [0.29, 0.717) is 28.9 Å². The first-order valence-electron chi connectivity index (χ1n) is 10.7. The van der Waals surface area contributed by atoms with Crippen LogP contribution in [0.5, 0.6) is 0 Å². The number of ether oxygens (including phenoxy) is 1. The number of pyridine rings is 1. The van der Waals surface area contributed by atoms with E-state index in [9.17, 15) is 9.59 Å². The second-order valence-corrected chi connectivity index (χ2v) is 8.76. The second kappa shape index (κ2) is 9.27. The summed E-state index contributed by atoms with van der Waals surface area (Å²) in [5, 5.41) is 4.02. The van der Waals surface area contributed by atoms with Crippen molar-refractivity contribution < 1.29 is 14.3 Å². The molecular formula is C25H26ClN3O3. The molecule has 2 aromatic carbocycles. The Kier molecular flexibility index (Phi) is 6.44. The van der Waals surface area contributed by atoms with Gasteiger partial charge in [-0.1, -0.05) is 35.9 Å². The van der Waals surface area contributed by atoms with Crippen molar-refractivity contribution in [2.75, 3.05) is 18.5 Å². The summed E-state index contributed by atoms with van der Waals surface area (Å²) >= 11 is 6.02. The Morgan fingerprint density at radius 3 is 2.78 bits per heavy atom. The number of amides is 1. The molecule has 3 aromatic rings. The quantitative estimate of drug-likeness (QED) is 0.566. The predicted molar refractivity (Wildman–Crippen MR) is 126 cm³/mol. The standard InChI is InChI=1S/C25H26ClN3O3/c1-15(2)29-11-10-21-19(13-29)24(18-6-4-5-7-20(18)27-21)25(31)32-14-23(30)28-22-12-17(26)9-8-16(22)3/h4-9,12,15H,10-11,13-14H2,1-3H3,(H,28,30). The van der Waals surface area contributed by atoms with E-state index in [2.05, 4.69) is 24.1 Å². The van der Waals surface area contributed by atoms with Gasteiger partial charge in [-0.3, -0.25) is 14.7 Å². The second-order valence-electron chi connectivity index (χ2n) is 8.33. The van der Waals surface area contributed by atoms with Crippen molar-refractivity contribution in [3.05, 3.63) is 69.9 Å². The summed E-state index contributed by atoms with van der Waals surface area (Å²) in [5.41, 5.74) is 4.54. The maximum Gasteiger partial charge on any atom is 0.339 e. The molecule has 2 heterocycles. The molecule has 4 rings (SSSR count). The molecular weight excluding hydrogens is 426 g/mol. The Bertz CT molecular complexity index is 1190. The number of nitrogens with zero attached hydrogens (tertiary/aromatic N) is 2. The molecule has 0 atom stereocenters. The molecule has 0 bridgehead atoms. The summed E-state index contributed by atoms with van der Waals surface area (Å²) in [7, 11) is 0. The van der Waals surface area contributed by atoms with Crippen LogP contribution in [0.25, 0.3) is 10.9 Å². The first-order valence-corrected chi connectivity index (χ1v) is 11.1. The highest BCUT2D eigenvalue weighted by Crippen LogP contribution is 2.29. The van der Waals surface area contributed by atoms with Crippen molar-refractivity contribution in [3.63, 3.8) is 0 Å². The van der Waals surface area contributed by atoms with Crippen LogP contribution in [-0.2, 0) is 22.5 Å². The molecule has 0 radical (unpaired) electrons. The Morgan fingerprint density at radius 2 is 2.00 bits per heavy atom. The summed E-state index contributed by atoms with van der Waals surface area (Å²) in [5.74, 6) is -0.928. The minimum atomic E-state index is -0.511. The van der Waals surface area contributed by atoms with Crippen molar-refractivity contribution in [1.29, 1.82) is 0 Å². The number of hydrogen-bond acceptors (Lipinski definition) is 5. The van der Waals surface area contributed by atoms with Crippen LogP contribution >= 0.6 is 11.6 Å². The molecule has 6 nitrogen and oxygen atoms in total. The van der Waals surface area contributed by atoms with Crippen LogP contribution in [0.4, 0.5) is 5.69 Å². The third-order valence-electron chi connectivity index (χ3n) is 5.82. The Morgan fingerprint density at radius 1 is 1.22 bits per heavy atom. The number of benzene rings is 2. The normalized spacial score (nSPS) is 13.8. The van der Waals surface area contributed by atoms with Gasteiger partial charge in [0.15, 0.2) is 6.61 Å². The topological polar surface area (TPSA) is 71.5 Å². The monoisotopic (exact) mass is 451 g/mol. The summed E-state index contributed by atoms with van der Waals surface area (Å²) in [4.78, 5) is 32.8. The van der Waals surface area contributed by atoms with Crippen LogP contribution in [0.1, 0.15) is 41.0 Å².